The molecular formula is C14H10N2O3. The minimum Gasteiger partial charge on any atom is -0.357 e. The van der Waals surface area contributed by atoms with Gasteiger partial charge in [0.2, 0.25) is 0 Å². The van der Waals surface area contributed by atoms with Crippen LogP contribution < -0.4 is 5.63 Å². The Morgan fingerprint density at radius 2 is 1.89 bits per heavy atom. The highest BCUT2D eigenvalue weighted by atomic mass is 16.5. The van der Waals surface area contributed by atoms with Crippen molar-refractivity contribution in [3.05, 3.63) is 70.8 Å². The van der Waals surface area contributed by atoms with Crippen molar-refractivity contribution in [1.29, 1.82) is 0 Å². The van der Waals surface area contributed by atoms with Gasteiger partial charge in [0.05, 0.1) is 11.8 Å². The monoisotopic (exact) mass is 254 g/mol. The molecule has 0 aliphatic rings. The molecular weight excluding hydrogens is 244 g/mol. The molecule has 5 heteroatoms. The van der Waals surface area contributed by atoms with Crippen LogP contribution in [0, 0.1) is 0 Å². The van der Waals surface area contributed by atoms with Gasteiger partial charge in [-0.2, -0.15) is 0 Å². The van der Waals surface area contributed by atoms with Crippen molar-refractivity contribution in [1.82, 2.24) is 9.72 Å². The van der Waals surface area contributed by atoms with E-state index in [-0.39, 0.29) is 0 Å². The van der Waals surface area contributed by atoms with Crippen LogP contribution in [-0.2, 0) is 0 Å². The molecule has 0 radical (unpaired) electrons. The number of carbonyl (C=O) groups excluding carboxylic acids is 1. The third kappa shape index (κ3) is 2.01. The molecule has 3 rings (SSSR count). The highest BCUT2D eigenvalue weighted by molar-refractivity contribution is 5.95. The zero-order valence-electron chi connectivity index (χ0n) is 9.87. The van der Waals surface area contributed by atoms with Gasteiger partial charge in [-0.15, -0.1) is 4.74 Å². The number of nitrogens with zero attached hydrogens (tertiary/aromatic N) is 1. The standard InChI is InChI=1S/C14H10N2O3/c17-13-9-12(10-5-2-1-3-6-10)16(19-13)14(18)11-7-4-8-15-11/h1-9,15H. The Morgan fingerprint density at radius 3 is 2.58 bits per heavy atom. The third-order valence-electron chi connectivity index (χ3n) is 2.74. The minimum absolute atomic E-state index is 0.358. The summed E-state index contributed by atoms with van der Waals surface area (Å²) in [5, 5.41) is 0. The van der Waals surface area contributed by atoms with E-state index in [2.05, 4.69) is 4.98 Å². The van der Waals surface area contributed by atoms with Gasteiger partial charge in [0.15, 0.2) is 0 Å². The molecule has 0 spiro atoms. The molecule has 1 aromatic carbocycles. The van der Waals surface area contributed by atoms with E-state index in [1.807, 2.05) is 30.3 Å². The molecule has 19 heavy (non-hydrogen) atoms. The number of H-pyrrole nitrogens is 1. The van der Waals surface area contributed by atoms with E-state index < -0.39 is 11.5 Å². The SMILES string of the molecule is O=C(c1ccc[nH]1)n1oc(=O)cc1-c1ccccc1. The lowest BCUT2D eigenvalue weighted by Crippen LogP contribution is -2.13. The fraction of sp³-hybridized carbons (Fsp3) is 0. The first-order valence-corrected chi connectivity index (χ1v) is 5.72. The minimum atomic E-state index is -0.557. The van der Waals surface area contributed by atoms with E-state index >= 15 is 0 Å². The smallest absolute Gasteiger partial charge is 0.357 e. The van der Waals surface area contributed by atoms with E-state index in [1.54, 1.807) is 18.3 Å². The summed E-state index contributed by atoms with van der Waals surface area (Å²) in [5.74, 6) is -0.411. The van der Waals surface area contributed by atoms with E-state index in [4.69, 9.17) is 4.52 Å². The van der Waals surface area contributed by atoms with Crippen LogP contribution in [0.5, 0.6) is 0 Å². The van der Waals surface area contributed by atoms with Crippen LogP contribution in [0.15, 0.2) is 64.0 Å². The lowest BCUT2D eigenvalue weighted by molar-refractivity contribution is 0.0839. The summed E-state index contributed by atoms with van der Waals surface area (Å²) in [7, 11) is 0. The van der Waals surface area contributed by atoms with Crippen molar-refractivity contribution in [2.75, 3.05) is 0 Å². The average Bonchev–Trinajstić information content (AvgIpc) is 3.08. The Balaban J connectivity index is 2.13. The summed E-state index contributed by atoms with van der Waals surface area (Å²) in [6, 6.07) is 13.8. The number of nitrogens with one attached hydrogen (secondary N) is 1. The zero-order chi connectivity index (χ0) is 13.2. The van der Waals surface area contributed by atoms with Crippen LogP contribution in [0.1, 0.15) is 10.5 Å². The fourth-order valence-corrected chi connectivity index (χ4v) is 1.87. The van der Waals surface area contributed by atoms with Crippen LogP contribution in [-0.4, -0.2) is 15.6 Å². The second kappa shape index (κ2) is 4.45. The molecule has 5 nitrogen and oxygen atoms in total. The van der Waals surface area contributed by atoms with Crippen molar-refractivity contribution >= 4 is 5.91 Å². The van der Waals surface area contributed by atoms with Gasteiger partial charge in [-0.05, 0) is 12.1 Å². The van der Waals surface area contributed by atoms with E-state index in [0.717, 1.165) is 10.3 Å². The molecule has 0 atom stereocenters. The molecule has 0 bridgehead atoms. The number of rotatable bonds is 2. The number of hydrogen-bond donors (Lipinski definition) is 1. The average molecular weight is 254 g/mol. The topological polar surface area (TPSA) is 68.0 Å². The van der Waals surface area contributed by atoms with Gasteiger partial charge in [-0.3, -0.25) is 4.79 Å². The molecule has 0 fully saturated rings. The van der Waals surface area contributed by atoms with Crippen molar-refractivity contribution in [2.24, 2.45) is 0 Å². The van der Waals surface area contributed by atoms with Gasteiger partial charge in [0.1, 0.15) is 5.69 Å². The van der Waals surface area contributed by atoms with Crippen LogP contribution in [0.3, 0.4) is 0 Å². The molecule has 94 valence electrons. The quantitative estimate of drug-likeness (QED) is 0.761. The summed E-state index contributed by atoms with van der Waals surface area (Å²) in [5.41, 5.74) is 0.980. The first-order valence-electron chi connectivity index (χ1n) is 5.72. The lowest BCUT2D eigenvalue weighted by Gasteiger charge is -2.03. The van der Waals surface area contributed by atoms with Crippen LogP contribution in [0.2, 0.25) is 0 Å². The maximum Gasteiger partial charge on any atom is 0.358 e. The maximum atomic E-state index is 12.2. The Hall–Kier alpha value is -2.82. The highest BCUT2D eigenvalue weighted by Gasteiger charge is 2.17. The first kappa shape index (κ1) is 11.3. The highest BCUT2D eigenvalue weighted by Crippen LogP contribution is 2.18. The molecule has 0 amide bonds. The number of benzene rings is 1. The molecule has 2 heterocycles. The summed E-state index contributed by atoms with van der Waals surface area (Å²) in [6.07, 6.45) is 1.64. The van der Waals surface area contributed by atoms with E-state index in [9.17, 15) is 9.59 Å². The van der Waals surface area contributed by atoms with E-state index in [1.165, 1.54) is 6.07 Å². The fourth-order valence-electron chi connectivity index (χ4n) is 1.87. The zero-order valence-corrected chi connectivity index (χ0v) is 9.87. The molecule has 2 aromatic heterocycles. The van der Waals surface area contributed by atoms with Crippen molar-refractivity contribution in [3.8, 4) is 11.3 Å². The number of carbonyl (C=O) groups is 1. The van der Waals surface area contributed by atoms with Crippen LogP contribution in [0.25, 0.3) is 11.3 Å². The Kier molecular flexibility index (Phi) is 2.64. The second-order valence-corrected chi connectivity index (χ2v) is 3.99. The van der Waals surface area contributed by atoms with Gasteiger partial charge >= 0.3 is 11.5 Å². The van der Waals surface area contributed by atoms with Gasteiger partial charge in [0, 0.05) is 11.8 Å². The molecule has 1 N–H and O–H groups in total. The van der Waals surface area contributed by atoms with Gasteiger partial charge in [-0.25, -0.2) is 4.79 Å². The molecule has 0 unspecified atom stereocenters. The number of aromatic amines is 1. The lowest BCUT2D eigenvalue weighted by atomic mass is 10.1. The van der Waals surface area contributed by atoms with E-state index in [0.29, 0.717) is 11.4 Å². The normalized spacial score (nSPS) is 10.5. The van der Waals surface area contributed by atoms with Crippen LogP contribution in [0.4, 0.5) is 0 Å². The number of hydrogen-bond acceptors (Lipinski definition) is 3. The first-order chi connectivity index (χ1) is 9.25. The van der Waals surface area contributed by atoms with Crippen molar-refractivity contribution < 1.29 is 9.32 Å². The molecule has 0 aliphatic carbocycles. The molecule has 0 saturated carbocycles. The summed E-state index contributed by atoms with van der Waals surface area (Å²) in [4.78, 5) is 26.4. The molecule has 3 aromatic rings. The van der Waals surface area contributed by atoms with Crippen molar-refractivity contribution in [2.45, 2.75) is 0 Å². The summed E-state index contributed by atoms with van der Waals surface area (Å²) < 4.78 is 5.95. The maximum absolute atomic E-state index is 12.2. The summed E-state index contributed by atoms with van der Waals surface area (Å²) in [6.45, 7) is 0. The largest absolute Gasteiger partial charge is 0.358 e. The second-order valence-electron chi connectivity index (χ2n) is 3.99. The number of aromatic nitrogens is 2. The van der Waals surface area contributed by atoms with Gasteiger partial charge < -0.3 is 9.51 Å². The van der Waals surface area contributed by atoms with Gasteiger partial charge in [-0.1, -0.05) is 30.3 Å². The predicted molar refractivity (Wildman–Crippen MR) is 68.9 cm³/mol. The third-order valence-corrected chi connectivity index (χ3v) is 2.74. The molecule has 0 saturated heterocycles. The Morgan fingerprint density at radius 1 is 1.11 bits per heavy atom. The predicted octanol–water partition coefficient (Wildman–Crippen LogP) is 2.12. The summed E-state index contributed by atoms with van der Waals surface area (Å²) >= 11 is 0. The van der Waals surface area contributed by atoms with Gasteiger partial charge in [0.25, 0.3) is 0 Å². The molecule has 0 aliphatic heterocycles. The Labute approximate surface area is 108 Å². The van der Waals surface area contributed by atoms with Crippen molar-refractivity contribution in [3.63, 3.8) is 0 Å². The Bertz CT molecular complexity index is 752. The van der Waals surface area contributed by atoms with Crippen LogP contribution >= 0.6 is 0 Å².